The molecule has 1 aromatic carbocycles. The summed E-state index contributed by atoms with van der Waals surface area (Å²) in [6.45, 7) is 3.40. The van der Waals surface area contributed by atoms with E-state index in [0.29, 0.717) is 11.3 Å². The molecule has 3 N–H and O–H groups in total. The van der Waals surface area contributed by atoms with Gasteiger partial charge in [-0.05, 0) is 38.3 Å². The van der Waals surface area contributed by atoms with Crippen LogP contribution in [0.4, 0.5) is 5.69 Å². The summed E-state index contributed by atoms with van der Waals surface area (Å²) >= 11 is 0. The number of nitrogen functional groups attached to an aromatic ring is 1. The first-order chi connectivity index (χ1) is 9.99. The summed E-state index contributed by atoms with van der Waals surface area (Å²) in [5.41, 5.74) is 7.37. The van der Waals surface area contributed by atoms with Crippen LogP contribution in [0.25, 0.3) is 0 Å². The first kappa shape index (κ1) is 15.4. The lowest BCUT2D eigenvalue weighted by atomic mass is 10.1. The van der Waals surface area contributed by atoms with Crippen LogP contribution in [0.15, 0.2) is 18.2 Å². The zero-order valence-corrected chi connectivity index (χ0v) is 12.5. The monoisotopic (exact) mass is 290 g/mol. The van der Waals surface area contributed by atoms with Crippen molar-refractivity contribution in [3.63, 3.8) is 0 Å². The maximum absolute atomic E-state index is 12.1. The number of benzene rings is 1. The molecule has 1 fully saturated rings. The number of carbonyl (C=O) groups excluding carboxylic acids is 2. The molecular formula is C16H22N2O3. The van der Waals surface area contributed by atoms with E-state index in [-0.39, 0.29) is 11.9 Å². The van der Waals surface area contributed by atoms with Gasteiger partial charge in [0, 0.05) is 11.7 Å². The zero-order chi connectivity index (χ0) is 15.4. The summed E-state index contributed by atoms with van der Waals surface area (Å²) < 4.78 is 5.21. The van der Waals surface area contributed by atoms with Gasteiger partial charge in [-0.25, -0.2) is 4.79 Å². The number of aryl methyl sites for hydroxylation is 1. The second kappa shape index (κ2) is 6.61. The molecule has 1 aliphatic carbocycles. The molecule has 114 valence electrons. The molecule has 5 nitrogen and oxygen atoms in total. The van der Waals surface area contributed by atoms with Crippen LogP contribution in [-0.2, 0) is 9.53 Å². The Morgan fingerprint density at radius 1 is 1.33 bits per heavy atom. The average Bonchev–Trinajstić information content (AvgIpc) is 2.94. The highest BCUT2D eigenvalue weighted by atomic mass is 16.5. The maximum atomic E-state index is 12.1. The number of amides is 1. The Bertz CT molecular complexity index is 536. The summed E-state index contributed by atoms with van der Waals surface area (Å²) in [4.78, 5) is 24.1. The van der Waals surface area contributed by atoms with Crippen molar-refractivity contribution in [1.82, 2.24) is 5.32 Å². The Hall–Kier alpha value is -2.04. The Morgan fingerprint density at radius 2 is 2.00 bits per heavy atom. The Balaban J connectivity index is 1.95. The van der Waals surface area contributed by atoms with Crippen molar-refractivity contribution in [2.75, 3.05) is 5.73 Å². The molecule has 0 radical (unpaired) electrons. The summed E-state index contributed by atoms with van der Waals surface area (Å²) in [6.07, 6.45) is 3.45. The molecule has 0 spiro atoms. The van der Waals surface area contributed by atoms with E-state index in [1.54, 1.807) is 19.1 Å². The van der Waals surface area contributed by atoms with Gasteiger partial charge in [-0.3, -0.25) is 4.79 Å². The number of ether oxygens (including phenoxy) is 1. The molecule has 0 aromatic heterocycles. The number of esters is 1. The lowest BCUT2D eigenvalue weighted by molar-refractivity contribution is -0.129. The summed E-state index contributed by atoms with van der Waals surface area (Å²) in [7, 11) is 0. The maximum Gasteiger partial charge on any atom is 0.341 e. The van der Waals surface area contributed by atoms with Crippen molar-refractivity contribution in [2.24, 2.45) is 0 Å². The third kappa shape index (κ3) is 3.74. The van der Waals surface area contributed by atoms with Gasteiger partial charge in [-0.1, -0.05) is 25.0 Å². The highest BCUT2D eigenvalue weighted by molar-refractivity contribution is 5.97. The molecule has 1 aliphatic rings. The number of rotatable bonds is 4. The van der Waals surface area contributed by atoms with E-state index in [1.165, 1.54) is 0 Å². The third-order valence-electron chi connectivity index (χ3n) is 3.90. The minimum atomic E-state index is -0.821. The van der Waals surface area contributed by atoms with Crippen LogP contribution in [0, 0.1) is 6.92 Å². The zero-order valence-electron chi connectivity index (χ0n) is 12.5. The third-order valence-corrected chi connectivity index (χ3v) is 3.90. The number of para-hydroxylation sites is 1. The highest BCUT2D eigenvalue weighted by Crippen LogP contribution is 2.19. The largest absolute Gasteiger partial charge is 0.449 e. The molecule has 1 aromatic rings. The molecular weight excluding hydrogens is 268 g/mol. The second-order valence-electron chi connectivity index (χ2n) is 5.57. The predicted molar refractivity (Wildman–Crippen MR) is 80.9 cm³/mol. The van der Waals surface area contributed by atoms with Gasteiger partial charge in [-0.15, -0.1) is 0 Å². The average molecular weight is 290 g/mol. The summed E-state index contributed by atoms with van der Waals surface area (Å²) in [5.74, 6) is -0.813. The van der Waals surface area contributed by atoms with Crippen LogP contribution in [-0.4, -0.2) is 24.0 Å². The topological polar surface area (TPSA) is 81.4 Å². The van der Waals surface area contributed by atoms with E-state index >= 15 is 0 Å². The van der Waals surface area contributed by atoms with Gasteiger partial charge < -0.3 is 15.8 Å². The van der Waals surface area contributed by atoms with E-state index in [2.05, 4.69) is 5.32 Å². The van der Waals surface area contributed by atoms with E-state index in [1.807, 2.05) is 13.0 Å². The quantitative estimate of drug-likeness (QED) is 0.658. The first-order valence-electron chi connectivity index (χ1n) is 7.35. The minimum absolute atomic E-state index is 0.211. The fraction of sp³-hybridized carbons (Fsp3) is 0.500. The van der Waals surface area contributed by atoms with Crippen LogP contribution >= 0.6 is 0 Å². The Morgan fingerprint density at radius 3 is 2.67 bits per heavy atom. The normalized spacial score (nSPS) is 16.5. The van der Waals surface area contributed by atoms with Gasteiger partial charge in [-0.2, -0.15) is 0 Å². The van der Waals surface area contributed by atoms with Gasteiger partial charge in [0.2, 0.25) is 0 Å². The van der Waals surface area contributed by atoms with Gasteiger partial charge in [0.05, 0.1) is 5.56 Å². The first-order valence-corrected chi connectivity index (χ1v) is 7.35. The van der Waals surface area contributed by atoms with Crippen molar-refractivity contribution < 1.29 is 14.3 Å². The fourth-order valence-corrected chi connectivity index (χ4v) is 2.52. The lowest BCUT2D eigenvalue weighted by Crippen LogP contribution is -2.40. The Kier molecular flexibility index (Phi) is 4.83. The van der Waals surface area contributed by atoms with Crippen LogP contribution in [0.1, 0.15) is 48.5 Å². The standard InChI is InChI=1S/C16H22N2O3/c1-10-6-5-9-13(14(10)17)16(20)21-11(2)15(19)18-12-7-3-4-8-12/h5-6,9,11-12H,3-4,7-8,17H2,1-2H3,(H,18,19)/t11-/m0/s1. The molecule has 1 amide bonds. The molecule has 1 atom stereocenters. The van der Waals surface area contributed by atoms with E-state index in [4.69, 9.17) is 10.5 Å². The molecule has 0 aliphatic heterocycles. The number of nitrogens with two attached hydrogens (primary N) is 1. The minimum Gasteiger partial charge on any atom is -0.449 e. The van der Waals surface area contributed by atoms with Gasteiger partial charge in [0.25, 0.3) is 5.91 Å². The fourth-order valence-electron chi connectivity index (χ4n) is 2.52. The Labute approximate surface area is 124 Å². The summed E-state index contributed by atoms with van der Waals surface area (Å²) in [6, 6.07) is 5.38. The second-order valence-corrected chi connectivity index (χ2v) is 5.57. The number of anilines is 1. The molecule has 0 heterocycles. The van der Waals surface area contributed by atoms with Crippen molar-refractivity contribution >= 4 is 17.6 Å². The molecule has 2 rings (SSSR count). The predicted octanol–water partition coefficient (Wildman–Crippen LogP) is 2.18. The van der Waals surface area contributed by atoms with Crippen LogP contribution in [0.2, 0.25) is 0 Å². The SMILES string of the molecule is Cc1cccc(C(=O)O[C@@H](C)C(=O)NC2CCCC2)c1N. The number of carbonyl (C=O) groups is 2. The number of hydrogen-bond acceptors (Lipinski definition) is 4. The van der Waals surface area contributed by atoms with Crippen LogP contribution in [0.5, 0.6) is 0 Å². The van der Waals surface area contributed by atoms with Crippen molar-refractivity contribution in [3.05, 3.63) is 29.3 Å². The molecule has 0 bridgehead atoms. The number of hydrogen-bond donors (Lipinski definition) is 2. The highest BCUT2D eigenvalue weighted by Gasteiger charge is 2.24. The molecule has 21 heavy (non-hydrogen) atoms. The van der Waals surface area contributed by atoms with E-state index in [0.717, 1.165) is 31.2 Å². The summed E-state index contributed by atoms with van der Waals surface area (Å²) in [5, 5.41) is 2.91. The van der Waals surface area contributed by atoms with Gasteiger partial charge in [0.15, 0.2) is 6.10 Å². The van der Waals surface area contributed by atoms with Crippen molar-refractivity contribution in [2.45, 2.75) is 51.7 Å². The van der Waals surface area contributed by atoms with Crippen molar-refractivity contribution in [3.8, 4) is 0 Å². The van der Waals surface area contributed by atoms with E-state index in [9.17, 15) is 9.59 Å². The molecule has 1 saturated carbocycles. The molecule has 0 unspecified atom stereocenters. The number of nitrogens with one attached hydrogen (secondary N) is 1. The molecule has 5 heteroatoms. The van der Waals surface area contributed by atoms with E-state index < -0.39 is 12.1 Å². The van der Waals surface area contributed by atoms with Gasteiger partial charge >= 0.3 is 5.97 Å². The lowest BCUT2D eigenvalue weighted by Gasteiger charge is -2.17. The smallest absolute Gasteiger partial charge is 0.341 e. The molecule has 0 saturated heterocycles. The van der Waals surface area contributed by atoms with Gasteiger partial charge in [0.1, 0.15) is 0 Å². The van der Waals surface area contributed by atoms with Crippen molar-refractivity contribution in [1.29, 1.82) is 0 Å². The van der Waals surface area contributed by atoms with Crippen LogP contribution < -0.4 is 11.1 Å². The van der Waals surface area contributed by atoms with Crippen LogP contribution in [0.3, 0.4) is 0 Å².